The predicted octanol–water partition coefficient (Wildman–Crippen LogP) is 1.97. The maximum Gasteiger partial charge on any atom is 0.339 e. The van der Waals surface area contributed by atoms with Gasteiger partial charge in [-0.1, -0.05) is 6.92 Å². The van der Waals surface area contributed by atoms with E-state index in [0.717, 1.165) is 25.1 Å². The van der Waals surface area contributed by atoms with Gasteiger partial charge in [0.15, 0.2) is 0 Å². The van der Waals surface area contributed by atoms with Gasteiger partial charge >= 0.3 is 5.97 Å². The van der Waals surface area contributed by atoms with Crippen LogP contribution < -0.4 is 5.32 Å². The molecule has 1 aromatic heterocycles. The van der Waals surface area contributed by atoms with Gasteiger partial charge < -0.3 is 19.8 Å². The SMILES string of the molecule is CCc1[nH]c(C(=O)NC(C)C2CCCO2)c(C)c1C(=O)OC. The molecule has 1 saturated heterocycles. The number of aromatic nitrogens is 1. The van der Waals surface area contributed by atoms with Gasteiger partial charge in [-0.3, -0.25) is 4.79 Å². The molecule has 6 nitrogen and oxygen atoms in total. The van der Waals surface area contributed by atoms with E-state index in [4.69, 9.17) is 9.47 Å². The van der Waals surface area contributed by atoms with E-state index in [1.54, 1.807) is 6.92 Å². The summed E-state index contributed by atoms with van der Waals surface area (Å²) < 4.78 is 10.4. The largest absolute Gasteiger partial charge is 0.465 e. The zero-order valence-corrected chi connectivity index (χ0v) is 13.6. The van der Waals surface area contributed by atoms with Crippen LogP contribution >= 0.6 is 0 Å². The molecule has 0 bridgehead atoms. The highest BCUT2D eigenvalue weighted by Gasteiger charge is 2.27. The van der Waals surface area contributed by atoms with E-state index in [-0.39, 0.29) is 18.1 Å². The minimum Gasteiger partial charge on any atom is -0.465 e. The molecule has 2 heterocycles. The zero-order valence-electron chi connectivity index (χ0n) is 13.6. The Morgan fingerprint density at radius 3 is 2.77 bits per heavy atom. The van der Waals surface area contributed by atoms with Crippen molar-refractivity contribution in [2.24, 2.45) is 0 Å². The fraction of sp³-hybridized carbons (Fsp3) is 0.625. The first-order chi connectivity index (χ1) is 10.5. The Kier molecular flexibility index (Phi) is 5.24. The number of H-pyrrole nitrogens is 1. The van der Waals surface area contributed by atoms with Crippen LogP contribution in [0.15, 0.2) is 0 Å². The molecule has 2 rings (SSSR count). The summed E-state index contributed by atoms with van der Waals surface area (Å²) in [5.74, 6) is -0.637. The minimum absolute atomic E-state index is 0.0601. The van der Waals surface area contributed by atoms with E-state index in [9.17, 15) is 9.59 Å². The number of amides is 1. The van der Waals surface area contributed by atoms with Gasteiger partial charge in [-0.15, -0.1) is 0 Å². The molecule has 6 heteroatoms. The van der Waals surface area contributed by atoms with Gasteiger partial charge in [0.25, 0.3) is 5.91 Å². The Balaban J connectivity index is 2.19. The van der Waals surface area contributed by atoms with E-state index in [2.05, 4.69) is 10.3 Å². The molecule has 0 aliphatic carbocycles. The average Bonchev–Trinajstić information content (AvgIpc) is 3.13. The monoisotopic (exact) mass is 308 g/mol. The third kappa shape index (κ3) is 3.16. The van der Waals surface area contributed by atoms with Gasteiger partial charge in [0, 0.05) is 12.3 Å². The third-order valence-electron chi connectivity index (χ3n) is 4.18. The summed E-state index contributed by atoms with van der Waals surface area (Å²) in [4.78, 5) is 27.4. The number of rotatable bonds is 5. The lowest BCUT2D eigenvalue weighted by molar-refractivity contribution is 0.0599. The first-order valence-corrected chi connectivity index (χ1v) is 7.71. The number of carbonyl (C=O) groups excluding carboxylic acids is 2. The van der Waals surface area contributed by atoms with Gasteiger partial charge in [0.1, 0.15) is 5.69 Å². The van der Waals surface area contributed by atoms with E-state index in [1.165, 1.54) is 7.11 Å². The Morgan fingerprint density at radius 2 is 2.23 bits per heavy atom. The predicted molar refractivity (Wildman–Crippen MR) is 82.1 cm³/mol. The van der Waals surface area contributed by atoms with Crippen molar-refractivity contribution in [2.75, 3.05) is 13.7 Å². The second-order valence-corrected chi connectivity index (χ2v) is 5.64. The molecule has 2 atom stereocenters. The Labute approximate surface area is 130 Å². The van der Waals surface area contributed by atoms with Crippen molar-refractivity contribution < 1.29 is 19.1 Å². The lowest BCUT2D eigenvalue weighted by Gasteiger charge is -2.19. The summed E-state index contributed by atoms with van der Waals surface area (Å²) in [5.41, 5.74) is 2.22. The lowest BCUT2D eigenvalue weighted by Crippen LogP contribution is -2.41. The number of aryl methyl sites for hydroxylation is 1. The van der Waals surface area contributed by atoms with Gasteiger partial charge in [-0.25, -0.2) is 4.79 Å². The molecular formula is C16H24N2O4. The van der Waals surface area contributed by atoms with Crippen molar-refractivity contribution in [3.8, 4) is 0 Å². The van der Waals surface area contributed by atoms with Crippen LogP contribution in [0.1, 0.15) is 58.8 Å². The van der Waals surface area contributed by atoms with Crippen molar-refractivity contribution >= 4 is 11.9 Å². The Hall–Kier alpha value is -1.82. The molecule has 0 aromatic carbocycles. The summed E-state index contributed by atoms with van der Waals surface area (Å²) in [7, 11) is 1.34. The van der Waals surface area contributed by atoms with Gasteiger partial charge in [-0.2, -0.15) is 0 Å². The molecule has 1 aliphatic heterocycles. The molecule has 2 N–H and O–H groups in total. The second-order valence-electron chi connectivity index (χ2n) is 5.64. The molecule has 22 heavy (non-hydrogen) atoms. The molecular weight excluding hydrogens is 284 g/mol. The van der Waals surface area contributed by atoms with E-state index >= 15 is 0 Å². The number of aromatic amines is 1. The van der Waals surface area contributed by atoms with Crippen LogP contribution in [0.3, 0.4) is 0 Å². The van der Waals surface area contributed by atoms with Crippen molar-refractivity contribution in [2.45, 2.75) is 52.2 Å². The Morgan fingerprint density at radius 1 is 1.50 bits per heavy atom. The molecule has 1 aromatic rings. The highest BCUT2D eigenvalue weighted by molar-refractivity contribution is 6.00. The number of methoxy groups -OCH3 is 1. The topological polar surface area (TPSA) is 80.4 Å². The first kappa shape index (κ1) is 16.5. The summed E-state index contributed by atoms with van der Waals surface area (Å²) in [6.07, 6.45) is 2.67. The van der Waals surface area contributed by atoms with Crippen molar-refractivity contribution in [3.05, 3.63) is 22.5 Å². The normalized spacial score (nSPS) is 19.0. The summed E-state index contributed by atoms with van der Waals surface area (Å²) in [6.45, 7) is 6.37. The van der Waals surface area contributed by atoms with Gasteiger partial charge in [0.05, 0.1) is 24.8 Å². The van der Waals surface area contributed by atoms with Crippen molar-refractivity contribution in [1.29, 1.82) is 0 Å². The molecule has 1 amide bonds. The zero-order chi connectivity index (χ0) is 16.3. The highest BCUT2D eigenvalue weighted by Crippen LogP contribution is 2.21. The van der Waals surface area contributed by atoms with E-state index in [1.807, 2.05) is 13.8 Å². The lowest BCUT2D eigenvalue weighted by atomic mass is 10.1. The smallest absolute Gasteiger partial charge is 0.339 e. The molecule has 1 fully saturated rings. The number of carbonyl (C=O) groups is 2. The van der Waals surface area contributed by atoms with Crippen LogP contribution in [0.25, 0.3) is 0 Å². The fourth-order valence-corrected chi connectivity index (χ4v) is 2.90. The van der Waals surface area contributed by atoms with Gasteiger partial charge in [-0.05, 0) is 38.7 Å². The molecule has 1 aliphatic rings. The van der Waals surface area contributed by atoms with Crippen molar-refractivity contribution in [1.82, 2.24) is 10.3 Å². The molecule has 0 spiro atoms. The van der Waals surface area contributed by atoms with Crippen LogP contribution in [0, 0.1) is 6.92 Å². The minimum atomic E-state index is -0.420. The number of nitrogens with one attached hydrogen (secondary N) is 2. The standard InChI is InChI=1S/C16H24N2O4/c1-5-11-13(16(20)21-4)9(2)14(18-11)15(19)17-10(3)12-7-6-8-22-12/h10,12,18H,5-8H2,1-4H3,(H,17,19). The number of esters is 1. The molecule has 0 radical (unpaired) electrons. The summed E-state index contributed by atoms with van der Waals surface area (Å²) in [5, 5.41) is 2.95. The van der Waals surface area contributed by atoms with Crippen molar-refractivity contribution in [3.63, 3.8) is 0 Å². The summed E-state index contributed by atoms with van der Waals surface area (Å²) in [6, 6.07) is -0.0654. The van der Waals surface area contributed by atoms with Crippen LogP contribution in [-0.4, -0.2) is 42.7 Å². The molecule has 122 valence electrons. The van der Waals surface area contributed by atoms with E-state index < -0.39 is 5.97 Å². The highest BCUT2D eigenvalue weighted by atomic mass is 16.5. The molecule has 0 saturated carbocycles. The van der Waals surface area contributed by atoms with Crippen LogP contribution in [0.2, 0.25) is 0 Å². The third-order valence-corrected chi connectivity index (χ3v) is 4.18. The Bertz CT molecular complexity index is 559. The average molecular weight is 308 g/mol. The molecule has 2 unspecified atom stereocenters. The maximum absolute atomic E-state index is 12.5. The first-order valence-electron chi connectivity index (χ1n) is 7.71. The van der Waals surface area contributed by atoms with Gasteiger partial charge in [0.2, 0.25) is 0 Å². The van der Waals surface area contributed by atoms with Crippen LogP contribution in [0.5, 0.6) is 0 Å². The van der Waals surface area contributed by atoms with E-state index in [0.29, 0.717) is 23.2 Å². The number of hydrogen-bond acceptors (Lipinski definition) is 4. The number of ether oxygens (including phenoxy) is 2. The maximum atomic E-state index is 12.5. The second kappa shape index (κ2) is 6.96. The fourth-order valence-electron chi connectivity index (χ4n) is 2.90. The summed E-state index contributed by atoms with van der Waals surface area (Å²) >= 11 is 0. The van der Waals surface area contributed by atoms with Crippen LogP contribution in [0.4, 0.5) is 0 Å². The van der Waals surface area contributed by atoms with Crippen LogP contribution in [-0.2, 0) is 15.9 Å². The quantitative estimate of drug-likeness (QED) is 0.815. The number of hydrogen-bond donors (Lipinski definition) is 2.